The van der Waals surface area contributed by atoms with Crippen molar-refractivity contribution in [3.63, 3.8) is 0 Å². The van der Waals surface area contributed by atoms with Crippen LogP contribution in [-0.4, -0.2) is 36.3 Å². The first kappa shape index (κ1) is 13.8. The molecule has 0 spiro atoms. The Morgan fingerprint density at radius 2 is 1.67 bits per heavy atom. The first-order valence-corrected chi connectivity index (χ1v) is 7.07. The molecule has 4 nitrogen and oxygen atoms in total. The van der Waals surface area contributed by atoms with Crippen LogP contribution in [0.4, 0.5) is 15.8 Å². The highest BCUT2D eigenvalue weighted by molar-refractivity contribution is 5.55. The van der Waals surface area contributed by atoms with Crippen molar-refractivity contribution < 1.29 is 9.50 Å². The van der Waals surface area contributed by atoms with Gasteiger partial charge in [0.15, 0.2) is 0 Å². The molecule has 1 saturated heterocycles. The van der Waals surface area contributed by atoms with E-state index in [1.807, 2.05) is 18.2 Å². The van der Waals surface area contributed by atoms with E-state index in [9.17, 15) is 9.50 Å². The molecule has 0 amide bonds. The molecular weight excluding hydrogens is 269 g/mol. The second-order valence-corrected chi connectivity index (χ2v) is 5.11. The molecule has 2 heterocycles. The molecule has 2 aromatic rings. The summed E-state index contributed by atoms with van der Waals surface area (Å²) in [5, 5.41) is 9.39. The standard InChI is InChI=1S/C16H18FN3O/c17-14-1-3-15(4-2-14)19-7-9-20(10-8-19)16-5-6-18-11-13(16)12-21/h1-6,11,21H,7-10,12H2. The molecule has 1 aliphatic heterocycles. The summed E-state index contributed by atoms with van der Waals surface area (Å²) in [4.78, 5) is 8.55. The zero-order valence-electron chi connectivity index (χ0n) is 11.7. The molecule has 1 aromatic carbocycles. The van der Waals surface area contributed by atoms with Crippen molar-refractivity contribution in [2.75, 3.05) is 36.0 Å². The summed E-state index contributed by atoms with van der Waals surface area (Å²) in [6, 6.07) is 8.56. The Bertz CT molecular complexity index is 595. The van der Waals surface area contributed by atoms with Crippen LogP contribution in [0.3, 0.4) is 0 Å². The highest BCUT2D eigenvalue weighted by Crippen LogP contribution is 2.23. The summed E-state index contributed by atoms with van der Waals surface area (Å²) < 4.78 is 13.0. The van der Waals surface area contributed by atoms with E-state index in [1.165, 1.54) is 12.1 Å². The molecule has 0 atom stereocenters. The number of piperazine rings is 1. The third-order valence-corrected chi connectivity index (χ3v) is 3.86. The van der Waals surface area contributed by atoms with Crippen LogP contribution in [0.2, 0.25) is 0 Å². The Morgan fingerprint density at radius 1 is 1.00 bits per heavy atom. The number of nitrogens with zero attached hydrogens (tertiary/aromatic N) is 3. The summed E-state index contributed by atoms with van der Waals surface area (Å²) in [6.07, 6.45) is 3.46. The fourth-order valence-electron chi connectivity index (χ4n) is 2.71. The van der Waals surface area contributed by atoms with Crippen LogP contribution >= 0.6 is 0 Å². The van der Waals surface area contributed by atoms with Crippen LogP contribution in [0.5, 0.6) is 0 Å². The largest absolute Gasteiger partial charge is 0.392 e. The number of benzene rings is 1. The molecule has 1 aliphatic rings. The maximum absolute atomic E-state index is 13.0. The predicted molar refractivity (Wildman–Crippen MR) is 81.0 cm³/mol. The third-order valence-electron chi connectivity index (χ3n) is 3.86. The SMILES string of the molecule is OCc1cnccc1N1CCN(c2ccc(F)cc2)CC1. The lowest BCUT2D eigenvalue weighted by Gasteiger charge is -2.38. The van der Waals surface area contributed by atoms with Crippen molar-refractivity contribution in [1.29, 1.82) is 0 Å². The normalized spacial score (nSPS) is 15.3. The van der Waals surface area contributed by atoms with Gasteiger partial charge in [-0.05, 0) is 30.3 Å². The quantitative estimate of drug-likeness (QED) is 0.938. The summed E-state index contributed by atoms with van der Waals surface area (Å²) in [5.41, 5.74) is 2.95. The van der Waals surface area contributed by atoms with E-state index in [0.717, 1.165) is 43.1 Å². The van der Waals surface area contributed by atoms with Crippen molar-refractivity contribution >= 4 is 11.4 Å². The number of rotatable bonds is 3. The van der Waals surface area contributed by atoms with E-state index in [2.05, 4.69) is 14.8 Å². The molecule has 0 aliphatic carbocycles. The molecular formula is C16H18FN3O. The minimum atomic E-state index is -0.207. The second kappa shape index (κ2) is 6.10. The molecule has 3 rings (SSSR count). The number of hydrogen-bond acceptors (Lipinski definition) is 4. The minimum absolute atomic E-state index is 0.00134. The maximum Gasteiger partial charge on any atom is 0.123 e. The lowest BCUT2D eigenvalue weighted by Crippen LogP contribution is -2.46. The number of aliphatic hydroxyl groups is 1. The molecule has 5 heteroatoms. The molecule has 0 radical (unpaired) electrons. The van der Waals surface area contributed by atoms with Crippen LogP contribution < -0.4 is 9.80 Å². The number of halogens is 1. The third kappa shape index (κ3) is 2.97. The van der Waals surface area contributed by atoms with Crippen molar-refractivity contribution in [1.82, 2.24) is 4.98 Å². The molecule has 1 fully saturated rings. The maximum atomic E-state index is 13.0. The Morgan fingerprint density at radius 3 is 2.33 bits per heavy atom. The lowest BCUT2D eigenvalue weighted by atomic mass is 10.2. The fourth-order valence-corrected chi connectivity index (χ4v) is 2.71. The summed E-state index contributed by atoms with van der Waals surface area (Å²) in [6.45, 7) is 3.49. The number of hydrogen-bond donors (Lipinski definition) is 1. The van der Waals surface area contributed by atoms with Gasteiger partial charge in [-0.25, -0.2) is 4.39 Å². The van der Waals surface area contributed by atoms with Gasteiger partial charge in [0, 0.05) is 55.5 Å². The predicted octanol–water partition coefficient (Wildman–Crippen LogP) is 2.04. The molecule has 0 bridgehead atoms. The van der Waals surface area contributed by atoms with Crippen molar-refractivity contribution in [2.24, 2.45) is 0 Å². The number of pyridine rings is 1. The van der Waals surface area contributed by atoms with Crippen LogP contribution in [0, 0.1) is 5.82 Å². The Labute approximate surface area is 123 Å². The Kier molecular flexibility index (Phi) is 4.01. The van der Waals surface area contributed by atoms with Crippen molar-refractivity contribution in [2.45, 2.75) is 6.61 Å². The fraction of sp³-hybridized carbons (Fsp3) is 0.312. The minimum Gasteiger partial charge on any atom is -0.392 e. The van der Waals surface area contributed by atoms with Gasteiger partial charge in [0.1, 0.15) is 5.82 Å². The zero-order chi connectivity index (χ0) is 14.7. The zero-order valence-corrected chi connectivity index (χ0v) is 11.7. The van der Waals surface area contributed by atoms with Crippen molar-refractivity contribution in [3.05, 3.63) is 54.1 Å². The topological polar surface area (TPSA) is 39.6 Å². The van der Waals surface area contributed by atoms with Gasteiger partial charge in [-0.3, -0.25) is 4.98 Å². The molecule has 0 saturated carbocycles. The molecule has 21 heavy (non-hydrogen) atoms. The van der Waals surface area contributed by atoms with Gasteiger partial charge in [-0.15, -0.1) is 0 Å². The van der Waals surface area contributed by atoms with E-state index in [4.69, 9.17) is 0 Å². The average molecular weight is 287 g/mol. The number of anilines is 2. The van der Waals surface area contributed by atoms with Crippen LogP contribution in [0.1, 0.15) is 5.56 Å². The average Bonchev–Trinajstić information content (AvgIpc) is 2.56. The first-order chi connectivity index (χ1) is 10.3. The molecule has 110 valence electrons. The number of aromatic nitrogens is 1. The van der Waals surface area contributed by atoms with Gasteiger partial charge in [-0.2, -0.15) is 0 Å². The van der Waals surface area contributed by atoms with Gasteiger partial charge in [0.25, 0.3) is 0 Å². The first-order valence-electron chi connectivity index (χ1n) is 7.07. The molecule has 1 aromatic heterocycles. The highest BCUT2D eigenvalue weighted by atomic mass is 19.1. The Hall–Kier alpha value is -2.14. The second-order valence-electron chi connectivity index (χ2n) is 5.11. The number of aliphatic hydroxyl groups excluding tert-OH is 1. The van der Waals surface area contributed by atoms with Gasteiger partial charge < -0.3 is 14.9 Å². The summed E-state index contributed by atoms with van der Waals surface area (Å²) >= 11 is 0. The van der Waals surface area contributed by atoms with Gasteiger partial charge >= 0.3 is 0 Å². The van der Waals surface area contributed by atoms with E-state index >= 15 is 0 Å². The van der Waals surface area contributed by atoms with Crippen molar-refractivity contribution in [3.8, 4) is 0 Å². The monoisotopic (exact) mass is 287 g/mol. The van der Waals surface area contributed by atoms with Crippen LogP contribution in [0.25, 0.3) is 0 Å². The van der Waals surface area contributed by atoms with E-state index in [-0.39, 0.29) is 12.4 Å². The van der Waals surface area contributed by atoms with Gasteiger partial charge in [-0.1, -0.05) is 0 Å². The van der Waals surface area contributed by atoms with Gasteiger partial charge in [0.2, 0.25) is 0 Å². The highest BCUT2D eigenvalue weighted by Gasteiger charge is 2.19. The summed E-state index contributed by atoms with van der Waals surface area (Å²) in [7, 11) is 0. The van der Waals surface area contributed by atoms with E-state index in [0.29, 0.717) is 0 Å². The van der Waals surface area contributed by atoms with Crippen LogP contribution in [-0.2, 0) is 6.61 Å². The van der Waals surface area contributed by atoms with E-state index in [1.54, 1.807) is 12.4 Å². The van der Waals surface area contributed by atoms with Gasteiger partial charge in [0.05, 0.1) is 6.61 Å². The van der Waals surface area contributed by atoms with Crippen LogP contribution in [0.15, 0.2) is 42.7 Å². The molecule has 0 unspecified atom stereocenters. The molecule has 1 N–H and O–H groups in total. The smallest absolute Gasteiger partial charge is 0.123 e. The van der Waals surface area contributed by atoms with E-state index < -0.39 is 0 Å². The Balaban J connectivity index is 1.69. The lowest BCUT2D eigenvalue weighted by molar-refractivity contribution is 0.281. The summed E-state index contributed by atoms with van der Waals surface area (Å²) in [5.74, 6) is -0.207.